The van der Waals surface area contributed by atoms with Crippen molar-refractivity contribution in [3.05, 3.63) is 29.8 Å². The summed E-state index contributed by atoms with van der Waals surface area (Å²) in [5.41, 5.74) is -1.38. The van der Waals surface area contributed by atoms with E-state index in [0.29, 0.717) is 6.42 Å². The van der Waals surface area contributed by atoms with Gasteiger partial charge in [-0.25, -0.2) is 8.42 Å². The quantitative estimate of drug-likeness (QED) is 0.807. The topological polar surface area (TPSA) is 66.5 Å². The van der Waals surface area contributed by atoms with Gasteiger partial charge in [-0.1, -0.05) is 26.0 Å². The zero-order chi connectivity index (χ0) is 18.5. The van der Waals surface area contributed by atoms with E-state index in [0.717, 1.165) is 22.7 Å². The van der Waals surface area contributed by atoms with E-state index >= 15 is 0 Å². The Hall–Kier alpha value is -1.61. The third-order valence-corrected chi connectivity index (χ3v) is 4.50. The van der Waals surface area contributed by atoms with E-state index in [1.807, 2.05) is 13.8 Å². The van der Waals surface area contributed by atoms with Crippen molar-refractivity contribution in [3.8, 4) is 0 Å². The fourth-order valence-electron chi connectivity index (χ4n) is 1.95. The molecule has 1 N–H and O–H groups in total. The molecule has 9 heteroatoms. The average molecular weight is 366 g/mol. The minimum Gasteiger partial charge on any atom is -0.324 e. The van der Waals surface area contributed by atoms with Crippen LogP contribution in [0.3, 0.4) is 0 Å². The largest absolute Gasteiger partial charge is 0.418 e. The summed E-state index contributed by atoms with van der Waals surface area (Å²) < 4.78 is 63.1. The summed E-state index contributed by atoms with van der Waals surface area (Å²) in [6.07, 6.45) is -3.11. The van der Waals surface area contributed by atoms with E-state index in [9.17, 15) is 26.4 Å². The Morgan fingerprint density at radius 2 is 1.83 bits per heavy atom. The summed E-state index contributed by atoms with van der Waals surface area (Å²) in [5, 5.41) is 2.14. The molecule has 0 heterocycles. The van der Waals surface area contributed by atoms with Gasteiger partial charge in [0.1, 0.15) is 0 Å². The monoisotopic (exact) mass is 366 g/mol. The molecule has 0 fully saturated rings. The summed E-state index contributed by atoms with van der Waals surface area (Å²) >= 11 is 0. The average Bonchev–Trinajstić information content (AvgIpc) is 2.41. The Labute approximate surface area is 139 Å². The van der Waals surface area contributed by atoms with Crippen LogP contribution in [0, 0.1) is 5.92 Å². The number of para-hydroxylation sites is 1. The molecule has 1 aromatic carbocycles. The molecule has 0 unspecified atom stereocenters. The van der Waals surface area contributed by atoms with Crippen LogP contribution in [0.15, 0.2) is 24.3 Å². The maximum atomic E-state index is 12.9. The van der Waals surface area contributed by atoms with Crippen molar-refractivity contribution in [1.29, 1.82) is 0 Å². The van der Waals surface area contributed by atoms with Gasteiger partial charge in [-0.15, -0.1) is 0 Å². The number of rotatable bonds is 7. The lowest BCUT2D eigenvalue weighted by Gasteiger charge is -2.21. The van der Waals surface area contributed by atoms with Gasteiger partial charge in [0.25, 0.3) is 0 Å². The highest BCUT2D eigenvalue weighted by atomic mass is 32.2. The second-order valence-electron chi connectivity index (χ2n) is 5.87. The molecule has 0 spiro atoms. The highest BCUT2D eigenvalue weighted by molar-refractivity contribution is 7.88. The first-order chi connectivity index (χ1) is 10.9. The van der Waals surface area contributed by atoms with E-state index in [-0.39, 0.29) is 12.5 Å². The standard InChI is InChI=1S/C15H21F3N2O3S/c1-11(2)8-9-20(24(3,22)23)10-14(21)19-13-7-5-4-6-12(13)15(16,17)18/h4-7,11H,8-10H2,1-3H3,(H,19,21). The van der Waals surface area contributed by atoms with Gasteiger partial charge in [-0.2, -0.15) is 17.5 Å². The number of benzene rings is 1. The van der Waals surface area contributed by atoms with E-state index < -0.39 is 39.9 Å². The highest BCUT2D eigenvalue weighted by Gasteiger charge is 2.33. The van der Waals surface area contributed by atoms with E-state index in [1.165, 1.54) is 12.1 Å². The molecule has 1 aromatic rings. The third-order valence-electron chi connectivity index (χ3n) is 3.25. The Kier molecular flexibility index (Phi) is 6.79. The minimum atomic E-state index is -4.61. The molecule has 0 saturated heterocycles. The van der Waals surface area contributed by atoms with Gasteiger partial charge in [0, 0.05) is 6.54 Å². The predicted octanol–water partition coefficient (Wildman–Crippen LogP) is 2.95. The summed E-state index contributed by atoms with van der Waals surface area (Å²) in [6.45, 7) is 3.41. The Balaban J connectivity index is 2.88. The number of hydrogen-bond acceptors (Lipinski definition) is 3. The first-order valence-electron chi connectivity index (χ1n) is 7.32. The highest BCUT2D eigenvalue weighted by Crippen LogP contribution is 2.34. The van der Waals surface area contributed by atoms with Crippen molar-refractivity contribution in [2.75, 3.05) is 24.7 Å². The number of amides is 1. The summed E-state index contributed by atoms with van der Waals surface area (Å²) in [7, 11) is -3.64. The second-order valence-corrected chi connectivity index (χ2v) is 7.85. The first-order valence-corrected chi connectivity index (χ1v) is 9.17. The van der Waals surface area contributed by atoms with Crippen LogP contribution in [0.25, 0.3) is 0 Å². The van der Waals surface area contributed by atoms with Crippen LogP contribution >= 0.6 is 0 Å². The molecule has 0 radical (unpaired) electrons. The number of nitrogens with one attached hydrogen (secondary N) is 1. The number of nitrogens with zero attached hydrogens (tertiary/aromatic N) is 1. The molecule has 0 atom stereocenters. The van der Waals surface area contributed by atoms with Crippen LogP contribution in [0.5, 0.6) is 0 Å². The van der Waals surface area contributed by atoms with Crippen LogP contribution in [0.4, 0.5) is 18.9 Å². The summed E-state index contributed by atoms with van der Waals surface area (Å²) in [4.78, 5) is 12.0. The van der Waals surface area contributed by atoms with E-state index in [2.05, 4.69) is 5.32 Å². The predicted molar refractivity (Wildman–Crippen MR) is 85.9 cm³/mol. The normalized spacial score (nSPS) is 12.7. The lowest BCUT2D eigenvalue weighted by Crippen LogP contribution is -2.38. The third kappa shape index (κ3) is 6.48. The van der Waals surface area contributed by atoms with Crippen molar-refractivity contribution < 1.29 is 26.4 Å². The van der Waals surface area contributed by atoms with E-state index in [1.54, 1.807) is 0 Å². The van der Waals surface area contributed by atoms with Gasteiger partial charge in [0.15, 0.2) is 0 Å². The van der Waals surface area contributed by atoms with Crippen molar-refractivity contribution in [3.63, 3.8) is 0 Å². The summed E-state index contributed by atoms with van der Waals surface area (Å²) in [5.74, 6) is -0.593. The molecule has 0 aliphatic carbocycles. The molecule has 0 aromatic heterocycles. The second kappa shape index (κ2) is 7.98. The summed E-state index contributed by atoms with van der Waals surface area (Å²) in [6, 6.07) is 4.55. The number of anilines is 1. The zero-order valence-electron chi connectivity index (χ0n) is 13.7. The molecule has 1 amide bonds. The Morgan fingerprint density at radius 3 is 2.33 bits per heavy atom. The van der Waals surface area contributed by atoms with Gasteiger partial charge < -0.3 is 5.32 Å². The number of hydrogen-bond donors (Lipinski definition) is 1. The van der Waals surface area contributed by atoms with Gasteiger partial charge >= 0.3 is 6.18 Å². The Bertz CT molecular complexity index is 673. The van der Waals surface area contributed by atoms with Gasteiger partial charge in [0.05, 0.1) is 24.1 Å². The van der Waals surface area contributed by atoms with Crippen LogP contribution in [0.1, 0.15) is 25.8 Å². The molecular weight excluding hydrogens is 345 g/mol. The van der Waals surface area contributed by atoms with Crippen molar-refractivity contribution in [2.45, 2.75) is 26.4 Å². The molecular formula is C15H21F3N2O3S. The number of alkyl halides is 3. The lowest BCUT2D eigenvalue weighted by atomic mass is 10.1. The maximum absolute atomic E-state index is 12.9. The minimum absolute atomic E-state index is 0.130. The van der Waals surface area contributed by atoms with Gasteiger partial charge in [-0.05, 0) is 24.5 Å². The molecule has 24 heavy (non-hydrogen) atoms. The molecule has 0 bridgehead atoms. The number of sulfonamides is 1. The van der Waals surface area contributed by atoms with Crippen molar-refractivity contribution >= 4 is 21.6 Å². The van der Waals surface area contributed by atoms with Crippen LogP contribution in [-0.2, 0) is 21.0 Å². The van der Waals surface area contributed by atoms with Gasteiger partial charge in [-0.3, -0.25) is 4.79 Å². The van der Waals surface area contributed by atoms with Crippen LogP contribution < -0.4 is 5.32 Å². The van der Waals surface area contributed by atoms with Crippen molar-refractivity contribution in [2.24, 2.45) is 5.92 Å². The SMILES string of the molecule is CC(C)CCN(CC(=O)Nc1ccccc1C(F)(F)F)S(C)(=O)=O. The Morgan fingerprint density at radius 1 is 1.25 bits per heavy atom. The molecule has 136 valence electrons. The smallest absolute Gasteiger partial charge is 0.324 e. The number of halogens is 3. The van der Waals surface area contributed by atoms with Crippen molar-refractivity contribution in [1.82, 2.24) is 4.31 Å². The van der Waals surface area contributed by atoms with E-state index in [4.69, 9.17) is 0 Å². The van der Waals surface area contributed by atoms with Crippen LogP contribution in [-0.4, -0.2) is 38.0 Å². The number of carbonyl (C=O) groups excluding carboxylic acids is 1. The maximum Gasteiger partial charge on any atom is 0.418 e. The molecule has 5 nitrogen and oxygen atoms in total. The zero-order valence-corrected chi connectivity index (χ0v) is 14.5. The number of carbonyl (C=O) groups is 1. The first kappa shape index (κ1) is 20.4. The fourth-order valence-corrected chi connectivity index (χ4v) is 2.74. The molecule has 0 aliphatic heterocycles. The molecule has 0 aliphatic rings. The fraction of sp³-hybridized carbons (Fsp3) is 0.533. The van der Waals surface area contributed by atoms with Crippen LogP contribution in [0.2, 0.25) is 0 Å². The van der Waals surface area contributed by atoms with Gasteiger partial charge in [0.2, 0.25) is 15.9 Å². The lowest BCUT2D eigenvalue weighted by molar-refractivity contribution is -0.137. The molecule has 1 rings (SSSR count). The molecule has 0 saturated carbocycles.